The molecule has 0 bridgehead atoms. The van der Waals surface area contributed by atoms with Gasteiger partial charge >= 0.3 is 8.80 Å². The lowest BCUT2D eigenvalue weighted by Crippen LogP contribution is -2.63. The van der Waals surface area contributed by atoms with Crippen LogP contribution in [-0.4, -0.2) is 33.9 Å². The van der Waals surface area contributed by atoms with Gasteiger partial charge in [-0.05, 0) is 33.6 Å². The van der Waals surface area contributed by atoms with Crippen molar-refractivity contribution < 1.29 is 17.7 Å². The Kier molecular flexibility index (Phi) is 27.2. The van der Waals surface area contributed by atoms with Crippen molar-refractivity contribution in [3.8, 4) is 0 Å². The zero-order valence-corrected chi connectivity index (χ0v) is 27.7. The Labute approximate surface area is 240 Å². The highest BCUT2D eigenvalue weighted by atomic mass is 28.4. The minimum Gasteiger partial charge on any atom is -0.372 e. The van der Waals surface area contributed by atoms with Gasteiger partial charge in [0.25, 0.3) is 0 Å². The molecule has 1 atom stereocenters. The van der Waals surface area contributed by atoms with E-state index < -0.39 is 14.1 Å². The van der Waals surface area contributed by atoms with Gasteiger partial charge in [0.1, 0.15) is 0 Å². The minimum atomic E-state index is -3.40. The molecule has 0 N–H and O–H groups in total. The highest BCUT2D eigenvalue weighted by Gasteiger charge is 2.61. The second-order valence-corrected chi connectivity index (χ2v) is 14.3. The molecule has 38 heavy (non-hydrogen) atoms. The molecule has 0 radical (unpaired) electrons. The summed E-state index contributed by atoms with van der Waals surface area (Å²) in [5.41, 5.74) is 0. The molecule has 0 spiro atoms. The first kappa shape index (κ1) is 38.0. The zero-order valence-electron chi connectivity index (χ0n) is 26.7. The molecule has 0 heterocycles. The standard InChI is InChI=1S/C33H69FO3Si/c1-6-11-13-15-17-18-19-20-21-22-23-24-26-28-30-32-33(34,31-29-27-25-16-14-12-7-2)38(35-8-3,36-9-4)37-10-5/h6-32H2,1-5H3. The van der Waals surface area contributed by atoms with E-state index in [0.29, 0.717) is 32.7 Å². The van der Waals surface area contributed by atoms with Crippen LogP contribution in [0.1, 0.15) is 189 Å². The van der Waals surface area contributed by atoms with E-state index in [-0.39, 0.29) is 0 Å². The summed E-state index contributed by atoms with van der Waals surface area (Å²) in [4.78, 5) is 0. The van der Waals surface area contributed by atoms with E-state index in [2.05, 4.69) is 13.8 Å². The van der Waals surface area contributed by atoms with Crippen LogP contribution in [0, 0.1) is 0 Å². The van der Waals surface area contributed by atoms with Crippen molar-refractivity contribution in [3.63, 3.8) is 0 Å². The summed E-state index contributed by atoms with van der Waals surface area (Å²) in [5, 5.41) is -1.48. The fourth-order valence-electron chi connectivity index (χ4n) is 5.65. The molecular weight excluding hydrogens is 491 g/mol. The van der Waals surface area contributed by atoms with Crippen LogP contribution in [0.25, 0.3) is 0 Å². The van der Waals surface area contributed by atoms with Crippen LogP contribution in [0.3, 0.4) is 0 Å². The van der Waals surface area contributed by atoms with Crippen LogP contribution >= 0.6 is 0 Å². The summed E-state index contributed by atoms with van der Waals surface area (Å²) in [6.07, 6.45) is 29.1. The smallest absolute Gasteiger partial charge is 0.372 e. The number of rotatable bonds is 31. The van der Waals surface area contributed by atoms with Crippen LogP contribution in [-0.2, 0) is 13.3 Å². The summed E-state index contributed by atoms with van der Waals surface area (Å²) < 4.78 is 35.1. The van der Waals surface area contributed by atoms with Crippen molar-refractivity contribution in [1.29, 1.82) is 0 Å². The quantitative estimate of drug-likeness (QED) is 0.0623. The van der Waals surface area contributed by atoms with Gasteiger partial charge in [-0.25, -0.2) is 4.39 Å². The van der Waals surface area contributed by atoms with Gasteiger partial charge in [0, 0.05) is 19.8 Å². The lowest BCUT2D eigenvalue weighted by molar-refractivity contribution is 0.00153. The van der Waals surface area contributed by atoms with Gasteiger partial charge in [0.2, 0.25) is 0 Å². The third-order valence-electron chi connectivity index (χ3n) is 7.91. The number of unbranched alkanes of at least 4 members (excludes halogenated alkanes) is 20. The SMILES string of the molecule is CCCCCCCCCCCCCCCCCC(F)(CCCCCCCCC)[Si](OCC)(OCC)OCC. The number of hydrogen-bond donors (Lipinski definition) is 0. The molecule has 1 unspecified atom stereocenters. The Morgan fingerprint density at radius 2 is 0.632 bits per heavy atom. The van der Waals surface area contributed by atoms with Gasteiger partial charge in [0.05, 0.1) is 0 Å². The maximum absolute atomic E-state index is 16.9. The van der Waals surface area contributed by atoms with Crippen molar-refractivity contribution in [2.75, 3.05) is 19.8 Å². The Morgan fingerprint density at radius 1 is 0.395 bits per heavy atom. The van der Waals surface area contributed by atoms with E-state index in [1.165, 1.54) is 116 Å². The average molecular weight is 561 g/mol. The summed E-state index contributed by atoms with van der Waals surface area (Å²) >= 11 is 0. The normalized spacial score (nSPS) is 13.7. The third kappa shape index (κ3) is 18.4. The van der Waals surface area contributed by atoms with Crippen LogP contribution in [0.5, 0.6) is 0 Å². The molecule has 0 aliphatic heterocycles. The second-order valence-electron chi connectivity index (χ2n) is 11.4. The molecule has 0 rings (SSSR count). The molecule has 0 saturated heterocycles. The Morgan fingerprint density at radius 3 is 0.868 bits per heavy atom. The Bertz CT molecular complexity index is 462. The van der Waals surface area contributed by atoms with Crippen LogP contribution in [0.2, 0.25) is 0 Å². The summed E-state index contributed by atoms with van der Waals surface area (Å²) in [6.45, 7) is 11.6. The predicted octanol–water partition coefficient (Wildman–Crippen LogP) is 11.7. The minimum absolute atomic E-state index is 0.438. The first-order valence-corrected chi connectivity index (χ1v) is 18.9. The monoisotopic (exact) mass is 561 g/mol. The highest BCUT2D eigenvalue weighted by molar-refractivity contribution is 6.64. The van der Waals surface area contributed by atoms with Gasteiger partial charge in [-0.3, -0.25) is 0 Å². The van der Waals surface area contributed by atoms with E-state index in [4.69, 9.17) is 13.3 Å². The average Bonchev–Trinajstić information content (AvgIpc) is 2.90. The first-order chi connectivity index (χ1) is 18.6. The first-order valence-electron chi connectivity index (χ1n) is 17.2. The van der Waals surface area contributed by atoms with Crippen molar-refractivity contribution in [1.82, 2.24) is 0 Å². The molecule has 0 aromatic carbocycles. The van der Waals surface area contributed by atoms with E-state index in [1.807, 2.05) is 20.8 Å². The number of alkyl halides is 1. The fourth-order valence-corrected chi connectivity index (χ4v) is 8.79. The lowest BCUT2D eigenvalue weighted by atomic mass is 10.0. The van der Waals surface area contributed by atoms with Crippen molar-refractivity contribution in [3.05, 3.63) is 0 Å². The summed E-state index contributed by atoms with van der Waals surface area (Å²) in [7, 11) is -3.40. The van der Waals surface area contributed by atoms with Gasteiger partial charge in [-0.15, -0.1) is 0 Å². The number of hydrogen-bond acceptors (Lipinski definition) is 3. The molecule has 0 aromatic rings. The van der Waals surface area contributed by atoms with Crippen LogP contribution in [0.15, 0.2) is 0 Å². The van der Waals surface area contributed by atoms with Crippen LogP contribution < -0.4 is 0 Å². The number of halogens is 1. The van der Waals surface area contributed by atoms with E-state index >= 15 is 4.39 Å². The molecule has 5 heteroatoms. The maximum Gasteiger partial charge on any atom is 0.540 e. The molecule has 230 valence electrons. The molecule has 3 nitrogen and oxygen atoms in total. The molecule has 0 amide bonds. The fraction of sp³-hybridized carbons (Fsp3) is 1.00. The van der Waals surface area contributed by atoms with Gasteiger partial charge in [0.15, 0.2) is 5.29 Å². The van der Waals surface area contributed by atoms with Crippen molar-refractivity contribution in [2.24, 2.45) is 0 Å². The summed E-state index contributed by atoms with van der Waals surface area (Å²) in [5.74, 6) is 0. The lowest BCUT2D eigenvalue weighted by Gasteiger charge is -2.40. The van der Waals surface area contributed by atoms with Crippen LogP contribution in [0.4, 0.5) is 4.39 Å². The van der Waals surface area contributed by atoms with E-state index in [0.717, 1.165) is 25.7 Å². The Hall–Kier alpha value is 0.0269. The Balaban J connectivity index is 4.43. The predicted molar refractivity (Wildman–Crippen MR) is 167 cm³/mol. The van der Waals surface area contributed by atoms with Crippen molar-refractivity contribution in [2.45, 2.75) is 194 Å². The second kappa shape index (κ2) is 27.2. The zero-order chi connectivity index (χ0) is 28.2. The van der Waals surface area contributed by atoms with E-state index in [1.54, 1.807) is 0 Å². The topological polar surface area (TPSA) is 27.7 Å². The largest absolute Gasteiger partial charge is 0.540 e. The van der Waals surface area contributed by atoms with Gasteiger partial charge in [-0.2, -0.15) is 0 Å². The van der Waals surface area contributed by atoms with Crippen molar-refractivity contribution >= 4 is 8.80 Å². The molecule has 0 fully saturated rings. The van der Waals surface area contributed by atoms with Gasteiger partial charge in [-0.1, -0.05) is 155 Å². The van der Waals surface area contributed by atoms with E-state index in [9.17, 15) is 0 Å². The highest BCUT2D eigenvalue weighted by Crippen LogP contribution is 2.38. The summed E-state index contributed by atoms with van der Waals surface area (Å²) in [6, 6.07) is 0. The third-order valence-corrected chi connectivity index (χ3v) is 11.5. The molecule has 0 aliphatic rings. The molecule has 0 saturated carbocycles. The molecule has 0 aliphatic carbocycles. The van der Waals surface area contributed by atoms with Gasteiger partial charge < -0.3 is 13.3 Å². The molecule has 0 aromatic heterocycles. The molecular formula is C33H69FO3Si. The maximum atomic E-state index is 16.9.